The van der Waals surface area contributed by atoms with Crippen LogP contribution in [0.4, 0.5) is 9.52 Å². The van der Waals surface area contributed by atoms with E-state index in [0.717, 1.165) is 24.2 Å². The summed E-state index contributed by atoms with van der Waals surface area (Å²) in [6, 6.07) is 8.33. The zero-order valence-electron chi connectivity index (χ0n) is 13.4. The molecule has 128 valence electrons. The van der Waals surface area contributed by atoms with Crippen molar-refractivity contribution in [3.8, 4) is 11.3 Å². The Morgan fingerprint density at radius 3 is 2.92 bits per heavy atom. The summed E-state index contributed by atoms with van der Waals surface area (Å²) in [7, 11) is 0. The van der Waals surface area contributed by atoms with Crippen LogP contribution in [0.3, 0.4) is 0 Å². The van der Waals surface area contributed by atoms with Crippen molar-refractivity contribution >= 4 is 33.7 Å². The predicted octanol–water partition coefficient (Wildman–Crippen LogP) is 4.01. The number of hydrogen-bond acceptors (Lipinski definition) is 5. The average molecular weight is 373 g/mol. The number of carbonyl (C=O) groups is 1. The SMILES string of the molecule is O=C(CNc1nc(-c2ccc(F)cc2)cs1)N1CCc2sccc2C1. The van der Waals surface area contributed by atoms with Crippen LogP contribution in [0.15, 0.2) is 41.1 Å². The summed E-state index contributed by atoms with van der Waals surface area (Å²) in [5.41, 5.74) is 2.90. The van der Waals surface area contributed by atoms with Crippen molar-refractivity contribution in [3.05, 3.63) is 57.3 Å². The summed E-state index contributed by atoms with van der Waals surface area (Å²) in [6.07, 6.45) is 0.935. The highest BCUT2D eigenvalue weighted by molar-refractivity contribution is 7.14. The second-order valence-electron chi connectivity index (χ2n) is 5.83. The number of carbonyl (C=O) groups excluding carboxylic acids is 1. The van der Waals surface area contributed by atoms with Crippen molar-refractivity contribution < 1.29 is 9.18 Å². The van der Waals surface area contributed by atoms with Gasteiger partial charge in [0.2, 0.25) is 5.91 Å². The molecule has 0 fully saturated rings. The van der Waals surface area contributed by atoms with Crippen LogP contribution in [0.2, 0.25) is 0 Å². The molecule has 3 heterocycles. The van der Waals surface area contributed by atoms with Crippen molar-refractivity contribution in [2.24, 2.45) is 0 Å². The third kappa shape index (κ3) is 3.57. The number of halogens is 1. The van der Waals surface area contributed by atoms with Gasteiger partial charge in [0, 0.05) is 28.9 Å². The highest BCUT2D eigenvalue weighted by Gasteiger charge is 2.21. The Morgan fingerprint density at radius 2 is 2.08 bits per heavy atom. The summed E-state index contributed by atoms with van der Waals surface area (Å²) < 4.78 is 13.0. The van der Waals surface area contributed by atoms with E-state index in [1.54, 1.807) is 23.5 Å². The molecule has 0 unspecified atom stereocenters. The molecule has 4 rings (SSSR count). The third-order valence-electron chi connectivity index (χ3n) is 4.20. The Bertz CT molecular complexity index is 888. The molecule has 0 spiro atoms. The Kier molecular flexibility index (Phi) is 4.50. The van der Waals surface area contributed by atoms with E-state index in [1.165, 1.54) is 33.9 Å². The number of thiazole rings is 1. The standard InChI is InChI=1S/C18H16FN3OS2/c19-14-3-1-12(2-4-14)15-11-25-18(21-15)20-9-17(23)22-7-5-16-13(10-22)6-8-24-16/h1-4,6,8,11H,5,7,9-10H2,(H,20,21). The predicted molar refractivity (Wildman–Crippen MR) is 99.4 cm³/mol. The fourth-order valence-electron chi connectivity index (χ4n) is 2.83. The number of aromatic nitrogens is 1. The lowest BCUT2D eigenvalue weighted by Crippen LogP contribution is -2.38. The van der Waals surface area contributed by atoms with Crippen molar-refractivity contribution in [2.45, 2.75) is 13.0 Å². The van der Waals surface area contributed by atoms with Gasteiger partial charge in [0.15, 0.2) is 5.13 Å². The minimum atomic E-state index is -0.266. The maximum Gasteiger partial charge on any atom is 0.242 e. The number of nitrogens with one attached hydrogen (secondary N) is 1. The first-order valence-electron chi connectivity index (χ1n) is 7.97. The number of amides is 1. The largest absolute Gasteiger partial charge is 0.352 e. The number of anilines is 1. The van der Waals surface area contributed by atoms with Crippen LogP contribution in [0.25, 0.3) is 11.3 Å². The van der Waals surface area contributed by atoms with E-state index >= 15 is 0 Å². The first-order chi connectivity index (χ1) is 12.2. The van der Waals surface area contributed by atoms with E-state index in [-0.39, 0.29) is 18.3 Å². The fourth-order valence-corrected chi connectivity index (χ4v) is 4.44. The molecule has 3 aromatic rings. The van der Waals surface area contributed by atoms with Crippen LogP contribution in [0.5, 0.6) is 0 Å². The quantitative estimate of drug-likeness (QED) is 0.752. The maximum absolute atomic E-state index is 13.0. The Morgan fingerprint density at radius 1 is 1.24 bits per heavy atom. The van der Waals surface area contributed by atoms with E-state index in [1.807, 2.05) is 10.3 Å². The molecule has 1 N–H and O–H groups in total. The summed E-state index contributed by atoms with van der Waals surface area (Å²) in [5.74, 6) is -0.186. The lowest BCUT2D eigenvalue weighted by molar-refractivity contribution is -0.130. The summed E-state index contributed by atoms with van der Waals surface area (Å²) in [6.45, 7) is 1.70. The monoisotopic (exact) mass is 373 g/mol. The highest BCUT2D eigenvalue weighted by atomic mass is 32.1. The number of thiophene rings is 1. The van der Waals surface area contributed by atoms with Crippen molar-refractivity contribution in [1.82, 2.24) is 9.88 Å². The number of fused-ring (bicyclic) bond motifs is 1. The van der Waals surface area contributed by atoms with Crippen LogP contribution in [-0.4, -0.2) is 28.9 Å². The number of nitrogens with zero attached hydrogens (tertiary/aromatic N) is 2. The van der Waals surface area contributed by atoms with E-state index < -0.39 is 0 Å². The van der Waals surface area contributed by atoms with Gasteiger partial charge >= 0.3 is 0 Å². The lowest BCUT2D eigenvalue weighted by Gasteiger charge is -2.27. The zero-order valence-corrected chi connectivity index (χ0v) is 15.0. The molecule has 7 heteroatoms. The molecule has 2 aromatic heterocycles. The third-order valence-corrected chi connectivity index (χ3v) is 6.02. The number of hydrogen-bond donors (Lipinski definition) is 1. The van der Waals surface area contributed by atoms with Gasteiger partial charge in [0.25, 0.3) is 0 Å². The van der Waals surface area contributed by atoms with Crippen molar-refractivity contribution in [1.29, 1.82) is 0 Å². The van der Waals surface area contributed by atoms with Gasteiger partial charge in [0.05, 0.1) is 12.2 Å². The van der Waals surface area contributed by atoms with Crippen molar-refractivity contribution in [2.75, 3.05) is 18.4 Å². The molecular formula is C18H16FN3OS2. The molecular weight excluding hydrogens is 357 g/mol. The molecule has 0 radical (unpaired) electrons. The summed E-state index contributed by atoms with van der Waals surface area (Å²) >= 11 is 3.21. The van der Waals surface area contributed by atoms with Gasteiger partial charge in [-0.15, -0.1) is 22.7 Å². The molecule has 0 saturated carbocycles. The van der Waals surface area contributed by atoms with Gasteiger partial charge in [-0.05, 0) is 47.7 Å². The van der Waals surface area contributed by atoms with Crippen LogP contribution in [0.1, 0.15) is 10.4 Å². The van der Waals surface area contributed by atoms with Crippen LogP contribution < -0.4 is 5.32 Å². The maximum atomic E-state index is 13.0. The molecule has 0 atom stereocenters. The second kappa shape index (κ2) is 6.93. The lowest BCUT2D eigenvalue weighted by atomic mass is 10.1. The van der Waals surface area contributed by atoms with Gasteiger partial charge in [-0.25, -0.2) is 9.37 Å². The van der Waals surface area contributed by atoms with Gasteiger partial charge in [0.1, 0.15) is 5.82 Å². The van der Waals surface area contributed by atoms with Gasteiger partial charge in [-0.2, -0.15) is 0 Å². The van der Waals surface area contributed by atoms with Crippen molar-refractivity contribution in [3.63, 3.8) is 0 Å². The fraction of sp³-hybridized carbons (Fsp3) is 0.222. The highest BCUT2D eigenvalue weighted by Crippen LogP contribution is 2.26. The van der Waals surface area contributed by atoms with E-state index in [4.69, 9.17) is 0 Å². The van der Waals surface area contributed by atoms with E-state index in [0.29, 0.717) is 11.7 Å². The van der Waals surface area contributed by atoms with Gasteiger partial charge in [-0.1, -0.05) is 0 Å². The van der Waals surface area contributed by atoms with Crippen LogP contribution in [0, 0.1) is 5.82 Å². The summed E-state index contributed by atoms with van der Waals surface area (Å²) in [5, 5.41) is 7.79. The summed E-state index contributed by atoms with van der Waals surface area (Å²) in [4.78, 5) is 20.2. The minimum Gasteiger partial charge on any atom is -0.352 e. The molecule has 1 amide bonds. The number of rotatable bonds is 4. The molecule has 0 saturated heterocycles. The van der Waals surface area contributed by atoms with Gasteiger partial charge in [-0.3, -0.25) is 4.79 Å². The van der Waals surface area contributed by atoms with E-state index in [2.05, 4.69) is 21.7 Å². The smallest absolute Gasteiger partial charge is 0.242 e. The minimum absolute atomic E-state index is 0.0791. The second-order valence-corrected chi connectivity index (χ2v) is 7.69. The Labute approximate surface area is 153 Å². The normalized spacial score (nSPS) is 13.6. The average Bonchev–Trinajstić information content (AvgIpc) is 3.29. The molecule has 4 nitrogen and oxygen atoms in total. The molecule has 1 aliphatic heterocycles. The van der Waals surface area contributed by atoms with E-state index in [9.17, 15) is 9.18 Å². The zero-order chi connectivity index (χ0) is 17.2. The first-order valence-corrected chi connectivity index (χ1v) is 9.73. The molecule has 1 aliphatic rings. The molecule has 25 heavy (non-hydrogen) atoms. The molecule has 0 bridgehead atoms. The Balaban J connectivity index is 1.36. The molecule has 1 aromatic carbocycles. The number of benzene rings is 1. The Hall–Kier alpha value is -2.25. The topological polar surface area (TPSA) is 45.2 Å². The van der Waals surface area contributed by atoms with Gasteiger partial charge < -0.3 is 10.2 Å². The molecule has 0 aliphatic carbocycles. The first kappa shape index (κ1) is 16.2. The van der Waals surface area contributed by atoms with Crippen LogP contribution >= 0.6 is 22.7 Å². The van der Waals surface area contributed by atoms with Crippen LogP contribution in [-0.2, 0) is 17.8 Å².